The molecule has 2 aromatic carbocycles. The number of aromatic nitrogens is 3. The fourth-order valence-corrected chi connectivity index (χ4v) is 5.27. The second-order valence-electron chi connectivity index (χ2n) is 8.73. The number of para-hydroxylation sites is 1. The lowest BCUT2D eigenvalue weighted by Crippen LogP contribution is -2.64. The molecule has 2 aliphatic heterocycles. The van der Waals surface area contributed by atoms with Gasteiger partial charge in [-0.2, -0.15) is 5.10 Å². The van der Waals surface area contributed by atoms with E-state index in [1.165, 1.54) is 11.3 Å². The number of thiazole rings is 1. The van der Waals surface area contributed by atoms with E-state index in [2.05, 4.69) is 15.0 Å². The SMILES string of the molecule is O=C(c1ccc2c(cnn2-c2ccccc2)c1)N1CC(N2CCN(C(=O)c3cscn3)CC2)C1. The molecule has 2 saturated heterocycles. The molecule has 4 aromatic rings. The molecule has 0 radical (unpaired) electrons. The average molecular weight is 473 g/mol. The van der Waals surface area contributed by atoms with Gasteiger partial charge in [0.2, 0.25) is 0 Å². The molecule has 0 spiro atoms. The van der Waals surface area contributed by atoms with Gasteiger partial charge in [0.15, 0.2) is 0 Å². The number of fused-ring (bicyclic) bond motifs is 1. The Morgan fingerprint density at radius 1 is 0.912 bits per heavy atom. The fraction of sp³-hybridized carbons (Fsp3) is 0.280. The Kier molecular flexibility index (Phi) is 5.35. The first-order chi connectivity index (χ1) is 16.7. The van der Waals surface area contributed by atoms with E-state index in [9.17, 15) is 9.59 Å². The first kappa shape index (κ1) is 21.0. The van der Waals surface area contributed by atoms with Gasteiger partial charge in [-0.25, -0.2) is 9.67 Å². The van der Waals surface area contributed by atoms with Gasteiger partial charge >= 0.3 is 0 Å². The molecular weight excluding hydrogens is 448 g/mol. The minimum Gasteiger partial charge on any atom is -0.335 e. The van der Waals surface area contributed by atoms with E-state index in [-0.39, 0.29) is 11.8 Å². The van der Waals surface area contributed by atoms with Crippen molar-refractivity contribution in [2.75, 3.05) is 39.3 Å². The molecule has 0 atom stereocenters. The fourth-order valence-electron chi connectivity index (χ4n) is 4.75. The van der Waals surface area contributed by atoms with Crippen LogP contribution in [0.3, 0.4) is 0 Å². The second-order valence-corrected chi connectivity index (χ2v) is 9.45. The zero-order chi connectivity index (χ0) is 23.1. The van der Waals surface area contributed by atoms with Gasteiger partial charge in [0.25, 0.3) is 11.8 Å². The molecule has 0 N–H and O–H groups in total. The van der Waals surface area contributed by atoms with Crippen LogP contribution in [-0.4, -0.2) is 86.6 Å². The number of likely N-dealkylation sites (tertiary alicyclic amines) is 1. The van der Waals surface area contributed by atoms with Gasteiger partial charge in [0, 0.05) is 61.6 Å². The van der Waals surface area contributed by atoms with Crippen molar-refractivity contribution in [2.45, 2.75) is 6.04 Å². The van der Waals surface area contributed by atoms with Crippen molar-refractivity contribution in [3.05, 3.63) is 76.9 Å². The topological polar surface area (TPSA) is 74.6 Å². The molecule has 2 amide bonds. The highest BCUT2D eigenvalue weighted by Crippen LogP contribution is 2.24. The molecule has 0 bridgehead atoms. The number of rotatable bonds is 4. The Labute approximate surface area is 201 Å². The molecule has 172 valence electrons. The smallest absolute Gasteiger partial charge is 0.273 e. The molecule has 0 unspecified atom stereocenters. The molecule has 2 fully saturated rings. The Hall–Kier alpha value is -3.56. The van der Waals surface area contributed by atoms with E-state index in [1.54, 1.807) is 10.9 Å². The Morgan fingerprint density at radius 3 is 2.44 bits per heavy atom. The lowest BCUT2D eigenvalue weighted by molar-refractivity contribution is 0.00845. The van der Waals surface area contributed by atoms with Crippen molar-refractivity contribution in [3.63, 3.8) is 0 Å². The summed E-state index contributed by atoms with van der Waals surface area (Å²) in [5, 5.41) is 7.26. The number of hydrogen-bond acceptors (Lipinski definition) is 6. The zero-order valence-corrected chi connectivity index (χ0v) is 19.4. The lowest BCUT2D eigenvalue weighted by Gasteiger charge is -2.48. The maximum atomic E-state index is 13.1. The first-order valence-corrected chi connectivity index (χ1v) is 12.4. The summed E-state index contributed by atoms with van der Waals surface area (Å²) in [4.78, 5) is 35.9. The minimum atomic E-state index is 0.0114. The van der Waals surface area contributed by atoms with Gasteiger partial charge < -0.3 is 9.80 Å². The number of amides is 2. The van der Waals surface area contributed by atoms with Crippen LogP contribution in [0.4, 0.5) is 0 Å². The quantitative estimate of drug-likeness (QED) is 0.457. The highest BCUT2D eigenvalue weighted by molar-refractivity contribution is 7.07. The Morgan fingerprint density at radius 2 is 1.71 bits per heavy atom. The van der Waals surface area contributed by atoms with Crippen LogP contribution in [-0.2, 0) is 0 Å². The summed E-state index contributed by atoms with van der Waals surface area (Å²) in [7, 11) is 0. The standard InChI is InChI=1S/C25H24N6O2S/c32-24(18-6-7-23-19(12-18)13-27-31(23)20-4-2-1-3-5-20)30-14-21(15-30)28-8-10-29(11-9-28)25(33)22-16-34-17-26-22/h1-7,12-13,16-17,21H,8-11,14-15H2. The molecule has 34 heavy (non-hydrogen) atoms. The molecule has 2 aliphatic rings. The van der Waals surface area contributed by atoms with Crippen LogP contribution in [0.1, 0.15) is 20.8 Å². The van der Waals surface area contributed by atoms with Crippen LogP contribution in [0.5, 0.6) is 0 Å². The maximum Gasteiger partial charge on any atom is 0.273 e. The van der Waals surface area contributed by atoms with Gasteiger partial charge in [-0.05, 0) is 30.3 Å². The largest absolute Gasteiger partial charge is 0.335 e. The van der Waals surface area contributed by atoms with E-state index in [1.807, 2.05) is 69.2 Å². The predicted octanol–water partition coefficient (Wildman–Crippen LogP) is 2.76. The van der Waals surface area contributed by atoms with Crippen LogP contribution >= 0.6 is 11.3 Å². The number of carbonyl (C=O) groups is 2. The molecule has 8 nitrogen and oxygen atoms in total. The molecule has 4 heterocycles. The van der Waals surface area contributed by atoms with E-state index in [4.69, 9.17) is 0 Å². The molecule has 0 aliphatic carbocycles. The highest BCUT2D eigenvalue weighted by atomic mass is 32.1. The van der Waals surface area contributed by atoms with E-state index >= 15 is 0 Å². The average Bonchev–Trinajstić information content (AvgIpc) is 3.54. The summed E-state index contributed by atoms with van der Waals surface area (Å²) < 4.78 is 1.89. The number of piperazine rings is 1. The third kappa shape index (κ3) is 3.76. The molecule has 9 heteroatoms. The summed E-state index contributed by atoms with van der Waals surface area (Å²) in [5.41, 5.74) is 4.89. The number of nitrogens with zero attached hydrogens (tertiary/aromatic N) is 6. The number of carbonyl (C=O) groups excluding carboxylic acids is 2. The minimum absolute atomic E-state index is 0.0114. The third-order valence-electron chi connectivity index (χ3n) is 6.73. The van der Waals surface area contributed by atoms with E-state index in [0.717, 1.165) is 42.8 Å². The summed E-state index contributed by atoms with van der Waals surface area (Å²) in [6.07, 6.45) is 1.81. The van der Waals surface area contributed by atoms with Crippen molar-refractivity contribution in [1.82, 2.24) is 29.5 Å². The van der Waals surface area contributed by atoms with Crippen LogP contribution in [0.15, 0.2) is 65.6 Å². The first-order valence-electron chi connectivity index (χ1n) is 11.4. The van der Waals surface area contributed by atoms with Gasteiger partial charge in [-0.1, -0.05) is 18.2 Å². The van der Waals surface area contributed by atoms with E-state index < -0.39 is 0 Å². The van der Waals surface area contributed by atoms with Gasteiger partial charge in [-0.15, -0.1) is 11.3 Å². The lowest BCUT2D eigenvalue weighted by atomic mass is 10.0. The van der Waals surface area contributed by atoms with Crippen molar-refractivity contribution in [3.8, 4) is 5.69 Å². The van der Waals surface area contributed by atoms with Crippen molar-refractivity contribution < 1.29 is 9.59 Å². The Bertz CT molecular complexity index is 1320. The third-order valence-corrected chi connectivity index (χ3v) is 7.32. The number of benzene rings is 2. The second kappa shape index (κ2) is 8.66. The maximum absolute atomic E-state index is 13.1. The summed E-state index contributed by atoms with van der Waals surface area (Å²) in [6, 6.07) is 16.1. The molecule has 2 aromatic heterocycles. The van der Waals surface area contributed by atoms with Gasteiger partial charge in [0.05, 0.1) is 22.9 Å². The van der Waals surface area contributed by atoms with Crippen LogP contribution in [0.25, 0.3) is 16.6 Å². The molecule has 0 saturated carbocycles. The summed E-state index contributed by atoms with van der Waals surface area (Å²) in [5.74, 6) is 0.0697. The van der Waals surface area contributed by atoms with E-state index in [0.29, 0.717) is 30.4 Å². The van der Waals surface area contributed by atoms with Crippen LogP contribution in [0, 0.1) is 0 Å². The van der Waals surface area contributed by atoms with Gasteiger partial charge in [0.1, 0.15) is 5.69 Å². The van der Waals surface area contributed by atoms with Crippen LogP contribution < -0.4 is 0 Å². The summed E-state index contributed by atoms with van der Waals surface area (Å²) in [6.45, 7) is 4.49. The summed E-state index contributed by atoms with van der Waals surface area (Å²) >= 11 is 1.44. The predicted molar refractivity (Wildman–Crippen MR) is 130 cm³/mol. The van der Waals surface area contributed by atoms with Gasteiger partial charge in [-0.3, -0.25) is 14.5 Å². The molecular formula is C25H24N6O2S. The highest BCUT2D eigenvalue weighted by Gasteiger charge is 2.37. The monoisotopic (exact) mass is 472 g/mol. The normalized spacial score (nSPS) is 17.2. The van der Waals surface area contributed by atoms with Crippen molar-refractivity contribution in [2.24, 2.45) is 0 Å². The Balaban J connectivity index is 1.06. The van der Waals surface area contributed by atoms with Crippen molar-refractivity contribution >= 4 is 34.1 Å². The van der Waals surface area contributed by atoms with Crippen LogP contribution in [0.2, 0.25) is 0 Å². The zero-order valence-electron chi connectivity index (χ0n) is 18.6. The van der Waals surface area contributed by atoms with Crippen molar-refractivity contribution in [1.29, 1.82) is 0 Å². The molecule has 6 rings (SSSR count). The number of hydrogen-bond donors (Lipinski definition) is 0.